The number of carboxylic acid groups (broad SMARTS) is 1. The normalized spacial score (nSPS) is 12.2. The van der Waals surface area contributed by atoms with Crippen LogP contribution in [0.15, 0.2) is 6.07 Å². The molecule has 6 nitrogen and oxygen atoms in total. The van der Waals surface area contributed by atoms with Gasteiger partial charge in [-0.25, -0.2) is 4.98 Å². The van der Waals surface area contributed by atoms with Gasteiger partial charge >= 0.3 is 5.97 Å². The van der Waals surface area contributed by atoms with Gasteiger partial charge in [-0.1, -0.05) is 0 Å². The van der Waals surface area contributed by atoms with Crippen LogP contribution in [0.3, 0.4) is 0 Å². The first-order valence-electron chi connectivity index (χ1n) is 4.77. The van der Waals surface area contributed by atoms with E-state index in [-0.39, 0.29) is 17.7 Å². The van der Waals surface area contributed by atoms with E-state index in [1.54, 1.807) is 0 Å². The number of hydrogen-bond donors (Lipinski definition) is 3. The Hall–Kier alpha value is -2.02. The van der Waals surface area contributed by atoms with E-state index in [0.29, 0.717) is 5.56 Å². The second-order valence-electron chi connectivity index (χ2n) is 3.58. The van der Waals surface area contributed by atoms with Gasteiger partial charge in [0.1, 0.15) is 6.04 Å². The van der Waals surface area contributed by atoms with Crippen molar-refractivity contribution in [1.29, 1.82) is 0 Å². The minimum absolute atomic E-state index is 0.0231. The van der Waals surface area contributed by atoms with Crippen LogP contribution in [0, 0.1) is 12.9 Å². The lowest BCUT2D eigenvalue weighted by Crippen LogP contribution is -2.33. The topological polar surface area (TPSA) is 119 Å². The highest BCUT2D eigenvalue weighted by Crippen LogP contribution is 2.14. The zero-order valence-corrected chi connectivity index (χ0v) is 9.11. The van der Waals surface area contributed by atoms with E-state index in [1.165, 1.54) is 6.92 Å². The summed E-state index contributed by atoms with van der Waals surface area (Å²) in [6, 6.07) is -0.295. The van der Waals surface area contributed by atoms with Crippen molar-refractivity contribution in [3.05, 3.63) is 28.8 Å². The summed E-state index contributed by atoms with van der Waals surface area (Å²) in [5, 5.41) is 8.64. The van der Waals surface area contributed by atoms with Crippen LogP contribution in [-0.2, 0) is 11.2 Å². The summed E-state index contributed by atoms with van der Waals surface area (Å²) in [7, 11) is 0. The molecular weight excluding hydrogens is 229 g/mol. The van der Waals surface area contributed by atoms with Gasteiger partial charge in [-0.15, -0.1) is 0 Å². The van der Waals surface area contributed by atoms with Crippen LogP contribution in [0.25, 0.3) is 0 Å². The van der Waals surface area contributed by atoms with Gasteiger partial charge in [-0.3, -0.25) is 9.59 Å². The molecule has 0 saturated carbocycles. The number of primary amides is 1. The van der Waals surface area contributed by atoms with E-state index in [1.807, 2.05) is 0 Å². The molecule has 0 aromatic carbocycles. The maximum Gasteiger partial charge on any atom is 0.320 e. The lowest BCUT2D eigenvalue weighted by molar-refractivity contribution is -0.138. The smallest absolute Gasteiger partial charge is 0.320 e. The van der Waals surface area contributed by atoms with Crippen LogP contribution in [0.5, 0.6) is 0 Å². The van der Waals surface area contributed by atoms with Crippen LogP contribution >= 0.6 is 0 Å². The standard InChI is InChI=1S/C10H12FN3O3/c1-4-5(9(13)15)2-8(11)14-7(4)3-6(12)10(16)17/h2,6H,3,12H2,1H3,(H2,13,15)(H,16,17). The number of carbonyl (C=O) groups is 2. The Bertz CT molecular complexity index is 476. The molecule has 0 fully saturated rings. The highest BCUT2D eigenvalue weighted by atomic mass is 19.1. The van der Waals surface area contributed by atoms with Crippen molar-refractivity contribution in [2.45, 2.75) is 19.4 Å². The lowest BCUT2D eigenvalue weighted by atomic mass is 10.0. The largest absolute Gasteiger partial charge is 0.480 e. The molecule has 1 unspecified atom stereocenters. The molecule has 0 spiro atoms. The fourth-order valence-electron chi connectivity index (χ4n) is 1.38. The average Bonchev–Trinajstić information content (AvgIpc) is 2.22. The predicted octanol–water partition coefficient (Wildman–Crippen LogP) is -0.418. The van der Waals surface area contributed by atoms with E-state index >= 15 is 0 Å². The Kier molecular flexibility index (Phi) is 3.74. The molecule has 1 rings (SSSR count). The third kappa shape index (κ3) is 2.97. The molecule has 1 aromatic rings. The average molecular weight is 241 g/mol. The van der Waals surface area contributed by atoms with Crippen molar-refractivity contribution < 1.29 is 19.1 Å². The summed E-state index contributed by atoms with van der Waals surface area (Å²) in [5.74, 6) is -2.91. The first kappa shape index (κ1) is 13.0. The minimum Gasteiger partial charge on any atom is -0.480 e. The Balaban J connectivity index is 3.16. The first-order valence-corrected chi connectivity index (χ1v) is 4.77. The highest BCUT2D eigenvalue weighted by Gasteiger charge is 2.18. The number of carboxylic acids is 1. The Morgan fingerprint density at radius 2 is 2.18 bits per heavy atom. The molecule has 17 heavy (non-hydrogen) atoms. The zero-order chi connectivity index (χ0) is 13.2. The number of carbonyl (C=O) groups excluding carboxylic acids is 1. The molecule has 92 valence electrons. The Morgan fingerprint density at radius 3 is 2.65 bits per heavy atom. The second-order valence-corrected chi connectivity index (χ2v) is 3.58. The van der Waals surface area contributed by atoms with Gasteiger partial charge in [0.2, 0.25) is 11.9 Å². The number of amides is 1. The number of aliphatic carboxylic acids is 1. The van der Waals surface area contributed by atoms with Gasteiger partial charge in [0, 0.05) is 23.7 Å². The molecule has 1 amide bonds. The van der Waals surface area contributed by atoms with Crippen molar-refractivity contribution in [2.24, 2.45) is 11.5 Å². The summed E-state index contributed by atoms with van der Waals surface area (Å²) < 4.78 is 13.1. The molecule has 1 heterocycles. The Labute approximate surface area is 96.4 Å². The molecule has 0 saturated heterocycles. The fourth-order valence-corrected chi connectivity index (χ4v) is 1.38. The van der Waals surface area contributed by atoms with Crippen LogP contribution in [0.1, 0.15) is 21.6 Å². The number of pyridine rings is 1. The SMILES string of the molecule is Cc1c(C(N)=O)cc(F)nc1CC(N)C(=O)O. The first-order chi connectivity index (χ1) is 7.82. The third-order valence-corrected chi connectivity index (χ3v) is 2.34. The molecular formula is C10H12FN3O3. The summed E-state index contributed by atoms with van der Waals surface area (Å²) in [5.41, 5.74) is 10.8. The predicted molar refractivity (Wildman–Crippen MR) is 56.8 cm³/mol. The van der Waals surface area contributed by atoms with E-state index in [4.69, 9.17) is 16.6 Å². The maximum absolute atomic E-state index is 13.1. The highest BCUT2D eigenvalue weighted by molar-refractivity contribution is 5.94. The number of nitrogens with two attached hydrogens (primary N) is 2. The Morgan fingerprint density at radius 1 is 1.59 bits per heavy atom. The summed E-state index contributed by atoms with van der Waals surface area (Å²) in [6.07, 6.45) is -0.167. The molecule has 0 aliphatic rings. The number of halogens is 1. The fraction of sp³-hybridized carbons (Fsp3) is 0.300. The summed E-state index contributed by atoms with van der Waals surface area (Å²) >= 11 is 0. The van der Waals surface area contributed by atoms with Crippen LogP contribution in [0.4, 0.5) is 4.39 Å². The zero-order valence-electron chi connectivity index (χ0n) is 9.11. The minimum atomic E-state index is -1.23. The number of aromatic nitrogens is 1. The second kappa shape index (κ2) is 4.88. The van der Waals surface area contributed by atoms with E-state index in [9.17, 15) is 14.0 Å². The van der Waals surface area contributed by atoms with Crippen molar-refractivity contribution >= 4 is 11.9 Å². The van der Waals surface area contributed by atoms with Gasteiger partial charge in [-0.2, -0.15) is 4.39 Å². The van der Waals surface area contributed by atoms with Crippen molar-refractivity contribution in [2.75, 3.05) is 0 Å². The quantitative estimate of drug-likeness (QED) is 0.618. The summed E-state index contributed by atoms with van der Waals surface area (Å²) in [6.45, 7) is 1.51. The molecule has 7 heteroatoms. The molecule has 0 aliphatic heterocycles. The van der Waals surface area contributed by atoms with Gasteiger partial charge in [0.05, 0.1) is 0 Å². The van der Waals surface area contributed by atoms with Crippen molar-refractivity contribution in [3.8, 4) is 0 Å². The van der Waals surface area contributed by atoms with Gasteiger partial charge in [-0.05, 0) is 12.5 Å². The number of rotatable bonds is 4. The van der Waals surface area contributed by atoms with Crippen molar-refractivity contribution in [3.63, 3.8) is 0 Å². The molecule has 1 atom stereocenters. The van der Waals surface area contributed by atoms with E-state index in [2.05, 4.69) is 4.98 Å². The molecule has 5 N–H and O–H groups in total. The molecule has 0 aliphatic carbocycles. The van der Waals surface area contributed by atoms with Gasteiger partial charge in [0.25, 0.3) is 0 Å². The van der Waals surface area contributed by atoms with Crippen LogP contribution in [-0.4, -0.2) is 28.0 Å². The van der Waals surface area contributed by atoms with Gasteiger partial charge in [0.15, 0.2) is 0 Å². The van der Waals surface area contributed by atoms with E-state index < -0.39 is 23.9 Å². The monoisotopic (exact) mass is 241 g/mol. The maximum atomic E-state index is 13.1. The van der Waals surface area contributed by atoms with Crippen molar-refractivity contribution in [1.82, 2.24) is 4.98 Å². The lowest BCUT2D eigenvalue weighted by Gasteiger charge is -2.11. The molecule has 1 aromatic heterocycles. The van der Waals surface area contributed by atoms with Gasteiger partial charge < -0.3 is 16.6 Å². The van der Waals surface area contributed by atoms with Crippen LogP contribution in [0.2, 0.25) is 0 Å². The van der Waals surface area contributed by atoms with Crippen LogP contribution < -0.4 is 11.5 Å². The number of nitrogens with zero attached hydrogens (tertiary/aromatic N) is 1. The molecule has 0 radical (unpaired) electrons. The third-order valence-electron chi connectivity index (χ3n) is 2.34. The number of hydrogen-bond acceptors (Lipinski definition) is 4. The van der Waals surface area contributed by atoms with E-state index in [0.717, 1.165) is 6.07 Å². The summed E-state index contributed by atoms with van der Waals surface area (Å²) in [4.78, 5) is 25.1. The molecule has 0 bridgehead atoms.